The number of amides is 4. The quantitative estimate of drug-likeness (QED) is 0.763. The Bertz CT molecular complexity index is 632. The van der Waals surface area contributed by atoms with Crippen LogP contribution in [0, 0.1) is 6.92 Å². The third-order valence-electron chi connectivity index (χ3n) is 3.87. The number of carbonyl (C=O) groups excluding carboxylic acids is 3. The van der Waals surface area contributed by atoms with Crippen molar-refractivity contribution < 1.29 is 19.1 Å². The number of rotatable bonds is 7. The molecule has 0 bridgehead atoms. The Hall–Kier alpha value is -2.41. The number of methoxy groups -OCH3 is 1. The average Bonchev–Trinajstić information content (AvgIpc) is 2.76. The van der Waals surface area contributed by atoms with Crippen molar-refractivity contribution in [3.63, 3.8) is 0 Å². The largest absolute Gasteiger partial charge is 0.383 e. The summed E-state index contributed by atoms with van der Waals surface area (Å²) in [7, 11) is 1.53. The van der Waals surface area contributed by atoms with Gasteiger partial charge in [0.05, 0.1) is 18.7 Å². The predicted molar refractivity (Wildman–Crippen MR) is 89.7 cm³/mol. The molecule has 1 aromatic carbocycles. The molecule has 1 atom stereocenters. The van der Waals surface area contributed by atoms with Gasteiger partial charge in [-0.2, -0.15) is 0 Å². The molecule has 7 nitrogen and oxygen atoms in total. The first kappa shape index (κ1) is 17.9. The number of urea groups is 1. The van der Waals surface area contributed by atoms with E-state index in [1.165, 1.54) is 12.0 Å². The third-order valence-corrected chi connectivity index (χ3v) is 3.87. The minimum Gasteiger partial charge on any atom is -0.383 e. The van der Waals surface area contributed by atoms with Gasteiger partial charge in [-0.25, -0.2) is 9.69 Å². The first-order valence-corrected chi connectivity index (χ1v) is 7.96. The van der Waals surface area contributed by atoms with Crippen LogP contribution >= 0.6 is 0 Å². The molecule has 1 N–H and O–H groups in total. The molecule has 1 saturated heterocycles. The van der Waals surface area contributed by atoms with Crippen LogP contribution in [0.25, 0.3) is 0 Å². The van der Waals surface area contributed by atoms with Crippen molar-refractivity contribution in [2.75, 3.05) is 31.7 Å². The fourth-order valence-electron chi connectivity index (χ4n) is 2.73. The van der Waals surface area contributed by atoms with Crippen molar-refractivity contribution in [3.05, 3.63) is 29.8 Å². The number of nitrogens with zero attached hydrogens (tertiary/aromatic N) is 2. The zero-order valence-corrected chi connectivity index (χ0v) is 14.2. The first-order valence-electron chi connectivity index (χ1n) is 7.96. The van der Waals surface area contributed by atoms with Gasteiger partial charge in [0, 0.05) is 20.2 Å². The molecule has 0 aliphatic carbocycles. The van der Waals surface area contributed by atoms with Gasteiger partial charge < -0.3 is 15.0 Å². The van der Waals surface area contributed by atoms with Gasteiger partial charge in [-0.3, -0.25) is 9.59 Å². The van der Waals surface area contributed by atoms with Crippen molar-refractivity contribution in [1.82, 2.24) is 10.2 Å². The van der Waals surface area contributed by atoms with Crippen LogP contribution in [0.15, 0.2) is 24.3 Å². The first-order chi connectivity index (χ1) is 11.5. The molecule has 1 heterocycles. The summed E-state index contributed by atoms with van der Waals surface area (Å²) in [4.78, 5) is 40.0. The summed E-state index contributed by atoms with van der Waals surface area (Å²) < 4.78 is 5.02. The highest BCUT2D eigenvalue weighted by Gasteiger charge is 2.46. The number of hydrogen-bond acceptors (Lipinski definition) is 4. The summed E-state index contributed by atoms with van der Waals surface area (Å²) >= 11 is 0. The van der Waals surface area contributed by atoms with Crippen molar-refractivity contribution in [2.24, 2.45) is 0 Å². The summed E-state index contributed by atoms with van der Waals surface area (Å²) in [6.45, 7) is 4.73. The number of nitrogens with one attached hydrogen (secondary N) is 1. The van der Waals surface area contributed by atoms with E-state index >= 15 is 0 Å². The summed E-state index contributed by atoms with van der Waals surface area (Å²) in [5.41, 5.74) is 1.47. The van der Waals surface area contributed by atoms with Gasteiger partial charge in [0.15, 0.2) is 0 Å². The molecule has 1 aliphatic rings. The van der Waals surface area contributed by atoms with E-state index in [-0.39, 0.29) is 24.8 Å². The molecule has 1 aromatic rings. The van der Waals surface area contributed by atoms with Crippen molar-refractivity contribution in [2.45, 2.75) is 26.3 Å². The number of aryl methyl sites for hydroxylation is 1. The fourth-order valence-corrected chi connectivity index (χ4v) is 2.73. The standard InChI is InChI=1S/C17H23N3O4/c1-4-18-15(21)11-14-16(22)20(13-7-5-6-12(2)10-13)17(23)19(14)8-9-24-3/h5-7,10,14H,4,8-9,11H2,1-3H3,(H,18,21)/t14-/m0/s1. The Morgan fingerprint density at radius 1 is 1.33 bits per heavy atom. The summed E-state index contributed by atoms with van der Waals surface area (Å²) in [5, 5.41) is 2.67. The van der Waals surface area contributed by atoms with E-state index in [9.17, 15) is 14.4 Å². The molecule has 0 spiro atoms. The SMILES string of the molecule is CCNC(=O)C[C@H]1C(=O)N(c2cccc(C)c2)C(=O)N1CCOC. The highest BCUT2D eigenvalue weighted by Crippen LogP contribution is 2.27. The molecular weight excluding hydrogens is 310 g/mol. The Labute approximate surface area is 141 Å². The van der Waals surface area contributed by atoms with Crippen molar-refractivity contribution in [3.8, 4) is 0 Å². The fraction of sp³-hybridized carbons (Fsp3) is 0.471. The number of anilines is 1. The van der Waals surface area contributed by atoms with Crippen LogP contribution in [0.5, 0.6) is 0 Å². The second-order valence-corrected chi connectivity index (χ2v) is 5.65. The van der Waals surface area contributed by atoms with Gasteiger partial charge in [0.25, 0.3) is 5.91 Å². The van der Waals surface area contributed by atoms with Crippen molar-refractivity contribution in [1.29, 1.82) is 0 Å². The van der Waals surface area contributed by atoms with Crippen LogP contribution in [0.4, 0.5) is 10.5 Å². The molecule has 4 amide bonds. The minimum absolute atomic E-state index is 0.0511. The van der Waals surface area contributed by atoms with Crippen LogP contribution in [-0.2, 0) is 14.3 Å². The molecule has 0 unspecified atom stereocenters. The van der Waals surface area contributed by atoms with Gasteiger partial charge in [-0.15, -0.1) is 0 Å². The van der Waals surface area contributed by atoms with Gasteiger partial charge in [0.1, 0.15) is 6.04 Å². The lowest BCUT2D eigenvalue weighted by Crippen LogP contribution is -2.41. The zero-order valence-electron chi connectivity index (χ0n) is 14.2. The molecule has 1 aliphatic heterocycles. The van der Waals surface area contributed by atoms with Crippen LogP contribution < -0.4 is 10.2 Å². The predicted octanol–water partition coefficient (Wildman–Crippen LogP) is 1.30. The van der Waals surface area contributed by atoms with Crippen molar-refractivity contribution >= 4 is 23.5 Å². The molecule has 0 saturated carbocycles. The van der Waals surface area contributed by atoms with Crippen LogP contribution in [-0.4, -0.2) is 55.6 Å². The van der Waals surface area contributed by atoms with Crippen LogP contribution in [0.2, 0.25) is 0 Å². The Morgan fingerprint density at radius 3 is 2.71 bits per heavy atom. The maximum absolute atomic E-state index is 12.8. The summed E-state index contributed by atoms with van der Waals surface area (Å²) in [6, 6.07) is 5.95. The minimum atomic E-state index is -0.806. The van der Waals surface area contributed by atoms with E-state index in [1.54, 1.807) is 25.1 Å². The van der Waals surface area contributed by atoms with E-state index in [2.05, 4.69) is 5.32 Å². The van der Waals surface area contributed by atoms with Crippen LogP contribution in [0.1, 0.15) is 18.9 Å². The third kappa shape index (κ3) is 3.73. The van der Waals surface area contributed by atoms with E-state index in [4.69, 9.17) is 4.74 Å². The van der Waals surface area contributed by atoms with Gasteiger partial charge in [0.2, 0.25) is 5.91 Å². The Kier molecular flexibility index (Phi) is 5.92. The number of hydrogen-bond donors (Lipinski definition) is 1. The average molecular weight is 333 g/mol. The Morgan fingerprint density at radius 2 is 2.08 bits per heavy atom. The zero-order chi connectivity index (χ0) is 17.7. The number of imide groups is 1. The molecule has 24 heavy (non-hydrogen) atoms. The molecule has 7 heteroatoms. The number of benzene rings is 1. The maximum atomic E-state index is 12.8. The van der Waals surface area contributed by atoms with E-state index in [0.717, 1.165) is 10.5 Å². The van der Waals surface area contributed by atoms with Gasteiger partial charge >= 0.3 is 6.03 Å². The molecule has 130 valence electrons. The highest BCUT2D eigenvalue weighted by molar-refractivity contribution is 6.22. The monoisotopic (exact) mass is 333 g/mol. The van der Waals surface area contributed by atoms with E-state index in [1.807, 2.05) is 13.0 Å². The molecule has 2 rings (SSSR count). The van der Waals surface area contributed by atoms with E-state index in [0.29, 0.717) is 18.8 Å². The second-order valence-electron chi connectivity index (χ2n) is 5.65. The molecular formula is C17H23N3O4. The topological polar surface area (TPSA) is 79.0 Å². The second kappa shape index (κ2) is 7.92. The molecule has 1 fully saturated rings. The smallest absolute Gasteiger partial charge is 0.332 e. The van der Waals surface area contributed by atoms with Crippen LogP contribution in [0.3, 0.4) is 0 Å². The van der Waals surface area contributed by atoms with E-state index < -0.39 is 12.1 Å². The number of carbonyl (C=O) groups is 3. The highest BCUT2D eigenvalue weighted by atomic mass is 16.5. The maximum Gasteiger partial charge on any atom is 0.332 e. The summed E-state index contributed by atoms with van der Waals surface area (Å²) in [6.07, 6.45) is -0.0511. The lowest BCUT2D eigenvalue weighted by Gasteiger charge is -2.20. The Balaban J connectivity index is 2.29. The molecule has 0 radical (unpaired) electrons. The number of ether oxygens (including phenoxy) is 1. The van der Waals surface area contributed by atoms with Gasteiger partial charge in [-0.05, 0) is 31.5 Å². The van der Waals surface area contributed by atoms with Gasteiger partial charge in [-0.1, -0.05) is 12.1 Å². The summed E-state index contributed by atoms with van der Waals surface area (Å²) in [5.74, 6) is -0.634. The molecule has 0 aromatic heterocycles. The normalized spacial score (nSPS) is 17.5. The lowest BCUT2D eigenvalue weighted by atomic mass is 10.1. The lowest BCUT2D eigenvalue weighted by molar-refractivity contribution is -0.127.